The lowest BCUT2D eigenvalue weighted by Gasteiger charge is -2.21. The molecule has 0 saturated carbocycles. The summed E-state index contributed by atoms with van der Waals surface area (Å²) in [6, 6.07) is 15.8. The smallest absolute Gasteiger partial charge is 0.347 e. The average Bonchev–Trinajstić information content (AvgIpc) is 3.15. The SMILES string of the molecule is CC#CCN(CCCc1ccc(OC(C)(C)C(=O)O)cc1)c1nc2ccccc2o1. The molecule has 156 valence electrons. The van der Waals surface area contributed by atoms with Gasteiger partial charge < -0.3 is 19.2 Å². The van der Waals surface area contributed by atoms with Crippen LogP contribution in [0.15, 0.2) is 52.9 Å². The molecule has 0 saturated heterocycles. The molecule has 0 aliphatic heterocycles. The standard InChI is InChI=1S/C24H26N2O4/c1-4-5-16-26(23-25-20-10-6-7-11-21(20)29-23)17-8-9-18-12-14-19(15-13-18)30-24(2,3)22(27)28/h6-7,10-15H,8-9,16-17H2,1-3H3,(H,27,28). The molecule has 1 N–H and O–H groups in total. The summed E-state index contributed by atoms with van der Waals surface area (Å²) in [5, 5.41) is 9.18. The number of carbonyl (C=O) groups is 1. The third-order valence-corrected chi connectivity index (χ3v) is 4.70. The molecule has 0 atom stereocenters. The van der Waals surface area contributed by atoms with Gasteiger partial charge in [-0.25, -0.2) is 4.79 Å². The topological polar surface area (TPSA) is 75.8 Å². The van der Waals surface area contributed by atoms with Crippen LogP contribution in [-0.2, 0) is 11.2 Å². The fraction of sp³-hybridized carbons (Fsp3) is 0.333. The molecule has 0 aliphatic carbocycles. The second kappa shape index (κ2) is 9.36. The molecule has 6 nitrogen and oxygen atoms in total. The highest BCUT2D eigenvalue weighted by Crippen LogP contribution is 2.23. The number of fused-ring (bicyclic) bond motifs is 1. The number of nitrogens with zero attached hydrogens (tertiary/aromatic N) is 2. The number of para-hydroxylation sites is 2. The van der Waals surface area contributed by atoms with Crippen LogP contribution >= 0.6 is 0 Å². The molecule has 1 heterocycles. The number of anilines is 1. The lowest BCUT2D eigenvalue weighted by atomic mass is 10.1. The molecule has 0 amide bonds. The highest BCUT2D eigenvalue weighted by atomic mass is 16.5. The monoisotopic (exact) mass is 406 g/mol. The number of aryl methyl sites for hydroxylation is 1. The van der Waals surface area contributed by atoms with Gasteiger partial charge in [0, 0.05) is 6.54 Å². The number of benzene rings is 2. The van der Waals surface area contributed by atoms with Crippen LogP contribution in [0.2, 0.25) is 0 Å². The number of hydrogen-bond acceptors (Lipinski definition) is 5. The molecule has 1 aromatic heterocycles. The van der Waals surface area contributed by atoms with Crippen molar-refractivity contribution in [2.45, 2.75) is 39.2 Å². The van der Waals surface area contributed by atoms with Gasteiger partial charge in [0.25, 0.3) is 6.01 Å². The third-order valence-electron chi connectivity index (χ3n) is 4.70. The molecule has 0 unspecified atom stereocenters. The van der Waals surface area contributed by atoms with Crippen LogP contribution in [0, 0.1) is 11.8 Å². The fourth-order valence-electron chi connectivity index (χ4n) is 2.95. The number of rotatable bonds is 9. The Labute approximate surface area is 176 Å². The Morgan fingerprint density at radius 3 is 2.60 bits per heavy atom. The van der Waals surface area contributed by atoms with E-state index in [1.807, 2.05) is 48.2 Å². The minimum absolute atomic E-state index is 0.539. The van der Waals surface area contributed by atoms with Crippen molar-refractivity contribution < 1.29 is 19.1 Å². The predicted molar refractivity (Wildman–Crippen MR) is 117 cm³/mol. The molecular weight excluding hydrogens is 380 g/mol. The van der Waals surface area contributed by atoms with Crippen LogP contribution in [-0.4, -0.2) is 34.8 Å². The summed E-state index contributed by atoms with van der Waals surface area (Å²) in [6.07, 6.45) is 1.75. The summed E-state index contributed by atoms with van der Waals surface area (Å²) in [7, 11) is 0. The fourth-order valence-corrected chi connectivity index (χ4v) is 2.95. The van der Waals surface area contributed by atoms with Crippen LogP contribution in [0.5, 0.6) is 5.75 Å². The Hall–Kier alpha value is -3.46. The van der Waals surface area contributed by atoms with Gasteiger partial charge in [0.15, 0.2) is 11.2 Å². The molecule has 3 rings (SSSR count). The van der Waals surface area contributed by atoms with Crippen LogP contribution in [0.3, 0.4) is 0 Å². The minimum Gasteiger partial charge on any atom is -0.478 e. The van der Waals surface area contributed by atoms with Gasteiger partial charge >= 0.3 is 5.97 Å². The maximum atomic E-state index is 11.2. The first kappa shape index (κ1) is 21.3. The van der Waals surface area contributed by atoms with E-state index in [-0.39, 0.29) is 0 Å². The Bertz CT molecular complexity index is 1020. The normalized spacial score (nSPS) is 11.0. The highest BCUT2D eigenvalue weighted by Gasteiger charge is 2.29. The number of hydrogen-bond donors (Lipinski definition) is 1. The van der Waals surface area contributed by atoms with Crippen LogP contribution < -0.4 is 9.64 Å². The summed E-state index contributed by atoms with van der Waals surface area (Å²) in [6.45, 7) is 6.19. The zero-order valence-corrected chi connectivity index (χ0v) is 17.5. The molecule has 30 heavy (non-hydrogen) atoms. The quantitative estimate of drug-likeness (QED) is 0.526. The Balaban J connectivity index is 1.60. The van der Waals surface area contributed by atoms with Gasteiger partial charge in [0.1, 0.15) is 11.3 Å². The predicted octanol–water partition coefficient (Wildman–Crippen LogP) is 4.53. The van der Waals surface area contributed by atoms with E-state index in [2.05, 4.69) is 16.8 Å². The molecule has 0 radical (unpaired) electrons. The Morgan fingerprint density at radius 1 is 1.20 bits per heavy atom. The number of carboxylic acids is 1. The first-order chi connectivity index (χ1) is 14.4. The molecular formula is C24H26N2O4. The Morgan fingerprint density at radius 2 is 1.93 bits per heavy atom. The molecule has 0 fully saturated rings. The minimum atomic E-state index is -1.26. The van der Waals surface area contributed by atoms with E-state index < -0.39 is 11.6 Å². The highest BCUT2D eigenvalue weighted by molar-refractivity contribution is 5.76. The Kier molecular flexibility index (Phi) is 6.63. The van der Waals surface area contributed by atoms with E-state index >= 15 is 0 Å². The lowest BCUT2D eigenvalue weighted by molar-refractivity contribution is -0.152. The first-order valence-electron chi connectivity index (χ1n) is 9.90. The number of aliphatic carboxylic acids is 1. The van der Waals surface area contributed by atoms with Crippen molar-refractivity contribution in [1.29, 1.82) is 0 Å². The van der Waals surface area contributed by atoms with Crippen molar-refractivity contribution in [2.24, 2.45) is 0 Å². The van der Waals surface area contributed by atoms with E-state index in [0.29, 0.717) is 18.3 Å². The third kappa shape index (κ3) is 5.32. The van der Waals surface area contributed by atoms with Crippen molar-refractivity contribution in [3.63, 3.8) is 0 Å². The number of ether oxygens (including phenoxy) is 1. The van der Waals surface area contributed by atoms with Gasteiger partial charge in [0.2, 0.25) is 0 Å². The van der Waals surface area contributed by atoms with Crippen LogP contribution in [0.25, 0.3) is 11.1 Å². The van der Waals surface area contributed by atoms with E-state index in [4.69, 9.17) is 9.15 Å². The van der Waals surface area contributed by atoms with Crippen LogP contribution in [0.1, 0.15) is 32.8 Å². The van der Waals surface area contributed by atoms with Gasteiger partial charge in [-0.3, -0.25) is 0 Å². The van der Waals surface area contributed by atoms with E-state index in [0.717, 1.165) is 36.0 Å². The van der Waals surface area contributed by atoms with Gasteiger partial charge in [-0.15, -0.1) is 5.92 Å². The molecule has 0 aliphatic rings. The van der Waals surface area contributed by atoms with Crippen molar-refractivity contribution in [3.05, 3.63) is 54.1 Å². The zero-order chi connectivity index (χ0) is 21.6. The largest absolute Gasteiger partial charge is 0.478 e. The van der Waals surface area contributed by atoms with Crippen molar-refractivity contribution in [2.75, 3.05) is 18.0 Å². The molecule has 0 bridgehead atoms. The van der Waals surface area contributed by atoms with Gasteiger partial charge in [0.05, 0.1) is 6.54 Å². The molecule has 0 spiro atoms. The lowest BCUT2D eigenvalue weighted by Crippen LogP contribution is -2.37. The average molecular weight is 406 g/mol. The second-order valence-corrected chi connectivity index (χ2v) is 7.48. The van der Waals surface area contributed by atoms with E-state index in [1.165, 1.54) is 13.8 Å². The maximum absolute atomic E-state index is 11.2. The molecule has 2 aromatic carbocycles. The van der Waals surface area contributed by atoms with Crippen molar-refractivity contribution >= 4 is 23.1 Å². The van der Waals surface area contributed by atoms with Gasteiger partial charge in [-0.2, -0.15) is 4.98 Å². The van der Waals surface area contributed by atoms with E-state index in [9.17, 15) is 9.90 Å². The molecule has 3 aromatic rings. The first-order valence-corrected chi connectivity index (χ1v) is 9.90. The number of aromatic nitrogens is 1. The summed E-state index contributed by atoms with van der Waals surface area (Å²) in [5.41, 5.74) is 1.49. The molecule has 6 heteroatoms. The van der Waals surface area contributed by atoms with Gasteiger partial charge in [-0.05, 0) is 63.4 Å². The number of oxazole rings is 1. The number of carboxylic acid groups (broad SMARTS) is 1. The summed E-state index contributed by atoms with van der Waals surface area (Å²) >= 11 is 0. The van der Waals surface area contributed by atoms with Crippen LogP contribution in [0.4, 0.5) is 6.01 Å². The summed E-state index contributed by atoms with van der Waals surface area (Å²) in [5.74, 6) is 5.56. The maximum Gasteiger partial charge on any atom is 0.347 e. The van der Waals surface area contributed by atoms with E-state index in [1.54, 1.807) is 12.1 Å². The zero-order valence-electron chi connectivity index (χ0n) is 17.5. The summed E-state index contributed by atoms with van der Waals surface area (Å²) < 4.78 is 11.4. The summed E-state index contributed by atoms with van der Waals surface area (Å²) in [4.78, 5) is 17.8. The van der Waals surface area contributed by atoms with Gasteiger partial charge in [-0.1, -0.05) is 30.2 Å². The second-order valence-electron chi connectivity index (χ2n) is 7.48. The van der Waals surface area contributed by atoms with Crippen molar-refractivity contribution in [3.8, 4) is 17.6 Å². The van der Waals surface area contributed by atoms with Crippen molar-refractivity contribution in [1.82, 2.24) is 4.98 Å².